The Morgan fingerprint density at radius 3 is 2.70 bits per heavy atom. The van der Waals surface area contributed by atoms with Crippen LogP contribution in [0.15, 0.2) is 12.3 Å². The van der Waals surface area contributed by atoms with Gasteiger partial charge in [0.15, 0.2) is 0 Å². The summed E-state index contributed by atoms with van der Waals surface area (Å²) in [6.45, 7) is 2.70. The molecule has 0 radical (unpaired) electrons. The third-order valence-corrected chi connectivity index (χ3v) is 2.78. The number of nitrogens with zero attached hydrogens (tertiary/aromatic N) is 2. The summed E-state index contributed by atoms with van der Waals surface area (Å²) in [6, 6.07) is 1.51. The Labute approximate surface area is 117 Å². The molecule has 0 aliphatic rings. The van der Waals surface area contributed by atoms with Crippen LogP contribution in [0.5, 0.6) is 0 Å². The largest absolute Gasteiger partial charge is 0.465 e. The van der Waals surface area contributed by atoms with Crippen molar-refractivity contribution in [3.05, 3.63) is 17.8 Å². The number of amides is 1. The van der Waals surface area contributed by atoms with Crippen LogP contribution in [0.2, 0.25) is 0 Å². The highest BCUT2D eigenvalue weighted by atomic mass is 16.5. The van der Waals surface area contributed by atoms with Crippen LogP contribution in [0.3, 0.4) is 0 Å². The maximum Gasteiger partial charge on any atom is 0.340 e. The van der Waals surface area contributed by atoms with Crippen LogP contribution in [0.1, 0.15) is 30.1 Å². The standard InChI is InChI=1S/C13H20N4O3/c1-3-4-5-17(8-11(15)18)12-6-9(13(19)20-2)10(14)7-16-12/h6-7H,3-5,8,14H2,1-2H3,(H2,15,18). The monoisotopic (exact) mass is 280 g/mol. The zero-order chi connectivity index (χ0) is 15.1. The molecule has 0 atom stereocenters. The second-order valence-electron chi connectivity index (χ2n) is 4.36. The smallest absolute Gasteiger partial charge is 0.340 e. The summed E-state index contributed by atoms with van der Waals surface area (Å²) in [7, 11) is 1.28. The molecule has 0 aromatic carbocycles. The molecule has 4 N–H and O–H groups in total. The number of pyridine rings is 1. The van der Waals surface area contributed by atoms with Crippen molar-refractivity contribution in [1.29, 1.82) is 0 Å². The fourth-order valence-corrected chi connectivity index (χ4v) is 1.73. The van der Waals surface area contributed by atoms with E-state index in [0.29, 0.717) is 12.4 Å². The van der Waals surface area contributed by atoms with Gasteiger partial charge in [-0.2, -0.15) is 0 Å². The van der Waals surface area contributed by atoms with Gasteiger partial charge >= 0.3 is 5.97 Å². The molecule has 0 saturated carbocycles. The molecule has 0 aliphatic heterocycles. The minimum absolute atomic E-state index is 0.0392. The first-order valence-electron chi connectivity index (χ1n) is 6.36. The number of ether oxygens (including phenoxy) is 1. The molecule has 1 aromatic rings. The van der Waals surface area contributed by atoms with E-state index in [1.165, 1.54) is 19.4 Å². The predicted octanol–water partition coefficient (Wildman–Crippen LogP) is 0.542. The first-order chi connectivity index (χ1) is 9.49. The van der Waals surface area contributed by atoms with Crippen molar-refractivity contribution in [1.82, 2.24) is 4.98 Å². The molecule has 7 heteroatoms. The highest BCUT2D eigenvalue weighted by Crippen LogP contribution is 2.19. The molecule has 0 bridgehead atoms. The SMILES string of the molecule is CCCCN(CC(N)=O)c1cc(C(=O)OC)c(N)cn1. The topological polar surface area (TPSA) is 112 Å². The van der Waals surface area contributed by atoms with Crippen molar-refractivity contribution >= 4 is 23.4 Å². The molecule has 0 unspecified atom stereocenters. The van der Waals surface area contributed by atoms with E-state index in [0.717, 1.165) is 12.8 Å². The Balaban J connectivity index is 3.06. The molecule has 1 aromatic heterocycles. The third-order valence-electron chi connectivity index (χ3n) is 2.78. The highest BCUT2D eigenvalue weighted by molar-refractivity contribution is 5.95. The molecule has 110 valence electrons. The van der Waals surface area contributed by atoms with Crippen molar-refractivity contribution in [2.45, 2.75) is 19.8 Å². The Hall–Kier alpha value is -2.31. The number of methoxy groups -OCH3 is 1. The molecule has 0 fully saturated rings. The molecule has 20 heavy (non-hydrogen) atoms. The second kappa shape index (κ2) is 7.32. The van der Waals surface area contributed by atoms with Gasteiger partial charge in [0.2, 0.25) is 5.91 Å². The lowest BCUT2D eigenvalue weighted by Gasteiger charge is -2.22. The average Bonchev–Trinajstić information content (AvgIpc) is 2.43. The van der Waals surface area contributed by atoms with Gasteiger partial charge in [0.1, 0.15) is 5.82 Å². The first kappa shape index (κ1) is 15.7. The van der Waals surface area contributed by atoms with Crippen LogP contribution in [0.25, 0.3) is 0 Å². The van der Waals surface area contributed by atoms with E-state index in [1.54, 1.807) is 4.90 Å². The normalized spacial score (nSPS) is 10.1. The number of nitrogen functional groups attached to an aromatic ring is 1. The van der Waals surface area contributed by atoms with Crippen molar-refractivity contribution in [3.8, 4) is 0 Å². The summed E-state index contributed by atoms with van der Waals surface area (Å²) in [5, 5.41) is 0. The maximum atomic E-state index is 11.6. The lowest BCUT2D eigenvalue weighted by molar-refractivity contribution is -0.116. The quantitative estimate of drug-likeness (QED) is 0.705. The number of hydrogen-bond acceptors (Lipinski definition) is 6. The van der Waals surface area contributed by atoms with Crippen LogP contribution in [-0.4, -0.2) is 37.1 Å². The first-order valence-corrected chi connectivity index (χ1v) is 6.36. The second-order valence-corrected chi connectivity index (χ2v) is 4.36. The highest BCUT2D eigenvalue weighted by Gasteiger charge is 2.16. The van der Waals surface area contributed by atoms with E-state index >= 15 is 0 Å². The van der Waals surface area contributed by atoms with Crippen LogP contribution < -0.4 is 16.4 Å². The van der Waals surface area contributed by atoms with E-state index < -0.39 is 11.9 Å². The Morgan fingerprint density at radius 2 is 2.15 bits per heavy atom. The van der Waals surface area contributed by atoms with Gasteiger partial charge in [-0.3, -0.25) is 4.79 Å². The van der Waals surface area contributed by atoms with Crippen LogP contribution in [0, 0.1) is 0 Å². The average molecular weight is 280 g/mol. The lowest BCUT2D eigenvalue weighted by atomic mass is 10.2. The lowest BCUT2D eigenvalue weighted by Crippen LogP contribution is -2.35. The van der Waals surface area contributed by atoms with Crippen LogP contribution in [0.4, 0.5) is 11.5 Å². The van der Waals surface area contributed by atoms with E-state index in [2.05, 4.69) is 9.72 Å². The van der Waals surface area contributed by atoms with Gasteiger partial charge in [0.25, 0.3) is 0 Å². The number of nitrogens with two attached hydrogens (primary N) is 2. The van der Waals surface area contributed by atoms with E-state index in [1.807, 2.05) is 6.92 Å². The molecule has 0 aliphatic carbocycles. The van der Waals surface area contributed by atoms with E-state index in [9.17, 15) is 9.59 Å². The van der Waals surface area contributed by atoms with Crippen LogP contribution in [-0.2, 0) is 9.53 Å². The molecule has 0 spiro atoms. The summed E-state index contributed by atoms with van der Waals surface area (Å²) in [4.78, 5) is 28.6. The maximum absolute atomic E-state index is 11.6. The number of unbranched alkanes of at least 4 members (excludes halogenated alkanes) is 1. The number of carbonyl (C=O) groups is 2. The number of aromatic nitrogens is 1. The molecular formula is C13H20N4O3. The van der Waals surface area contributed by atoms with Crippen LogP contribution >= 0.6 is 0 Å². The molecule has 7 nitrogen and oxygen atoms in total. The summed E-state index contributed by atoms with van der Waals surface area (Å²) in [5.41, 5.74) is 11.4. The number of esters is 1. The zero-order valence-corrected chi connectivity index (χ0v) is 11.8. The fourth-order valence-electron chi connectivity index (χ4n) is 1.73. The van der Waals surface area contributed by atoms with E-state index in [-0.39, 0.29) is 17.8 Å². The predicted molar refractivity (Wildman–Crippen MR) is 76.3 cm³/mol. The molecule has 1 rings (SSSR count). The number of hydrogen-bond donors (Lipinski definition) is 2. The van der Waals surface area contributed by atoms with Gasteiger partial charge in [0.05, 0.1) is 31.1 Å². The molecule has 0 saturated heterocycles. The van der Waals surface area contributed by atoms with Gasteiger partial charge in [-0.15, -0.1) is 0 Å². The van der Waals surface area contributed by atoms with Gasteiger partial charge < -0.3 is 21.1 Å². The number of rotatable bonds is 7. The summed E-state index contributed by atoms with van der Waals surface area (Å²) >= 11 is 0. The minimum Gasteiger partial charge on any atom is -0.465 e. The summed E-state index contributed by atoms with van der Waals surface area (Å²) in [6.07, 6.45) is 3.22. The number of carbonyl (C=O) groups excluding carboxylic acids is 2. The fraction of sp³-hybridized carbons (Fsp3) is 0.462. The zero-order valence-electron chi connectivity index (χ0n) is 11.8. The van der Waals surface area contributed by atoms with Gasteiger partial charge in [-0.05, 0) is 12.5 Å². The van der Waals surface area contributed by atoms with Crippen molar-refractivity contribution in [2.75, 3.05) is 30.8 Å². The summed E-state index contributed by atoms with van der Waals surface area (Å²) < 4.78 is 4.66. The third kappa shape index (κ3) is 4.11. The van der Waals surface area contributed by atoms with Crippen molar-refractivity contribution in [3.63, 3.8) is 0 Å². The van der Waals surface area contributed by atoms with Gasteiger partial charge in [-0.25, -0.2) is 9.78 Å². The Kier molecular flexibility index (Phi) is 5.76. The van der Waals surface area contributed by atoms with Gasteiger partial charge in [0, 0.05) is 6.54 Å². The number of primary amides is 1. The van der Waals surface area contributed by atoms with E-state index in [4.69, 9.17) is 11.5 Å². The Bertz CT molecular complexity index is 491. The minimum atomic E-state index is -0.541. The van der Waals surface area contributed by atoms with Crippen molar-refractivity contribution < 1.29 is 14.3 Å². The Morgan fingerprint density at radius 1 is 1.45 bits per heavy atom. The molecule has 1 heterocycles. The molecule has 1 amide bonds. The van der Waals surface area contributed by atoms with Gasteiger partial charge in [-0.1, -0.05) is 13.3 Å². The summed E-state index contributed by atoms with van der Waals surface area (Å²) in [5.74, 6) is -0.521. The number of anilines is 2. The van der Waals surface area contributed by atoms with Crippen molar-refractivity contribution in [2.24, 2.45) is 5.73 Å². The molecular weight excluding hydrogens is 260 g/mol.